The van der Waals surface area contributed by atoms with Crippen LogP contribution in [0, 0.1) is 11.6 Å². The third-order valence-electron chi connectivity index (χ3n) is 4.18. The average molecular weight is 399 g/mol. The van der Waals surface area contributed by atoms with E-state index in [1.54, 1.807) is 24.3 Å². The number of nitrogens with one attached hydrogen (secondary N) is 2. The highest BCUT2D eigenvalue weighted by Gasteiger charge is 2.11. The number of hydrogen-bond donors (Lipinski definition) is 2. The number of aromatic amines is 1. The van der Waals surface area contributed by atoms with Gasteiger partial charge in [0.2, 0.25) is 10.0 Å². The molecule has 4 rings (SSSR count). The molecule has 0 saturated heterocycles. The highest BCUT2D eigenvalue weighted by Crippen LogP contribution is 2.28. The van der Waals surface area contributed by atoms with Gasteiger partial charge in [-0.05, 0) is 29.3 Å². The largest absolute Gasteiger partial charge is 0.338 e. The molecule has 0 aliphatic carbocycles. The Bertz CT molecular complexity index is 1240. The van der Waals surface area contributed by atoms with Crippen LogP contribution in [0.1, 0.15) is 0 Å². The normalized spacial score (nSPS) is 11.7. The number of imidazole rings is 1. The summed E-state index contributed by atoms with van der Waals surface area (Å²) in [5.41, 5.74) is 3.76. The summed E-state index contributed by atoms with van der Waals surface area (Å²) in [6.07, 6.45) is 1.09. The SMILES string of the molecule is CS(=O)(=O)Nc1ccc(-c2cccc(-c3nc4cc(F)c(F)cc4[nH]3)c2)cc1. The number of hydrogen-bond acceptors (Lipinski definition) is 3. The van der Waals surface area contributed by atoms with Crippen LogP contribution in [-0.2, 0) is 10.0 Å². The lowest BCUT2D eigenvalue weighted by molar-refractivity contribution is 0.510. The lowest BCUT2D eigenvalue weighted by atomic mass is 10.0. The molecule has 0 bridgehead atoms. The molecule has 142 valence electrons. The molecule has 1 aromatic heterocycles. The second-order valence-corrected chi connectivity index (χ2v) is 8.15. The van der Waals surface area contributed by atoms with Gasteiger partial charge in [-0.3, -0.25) is 4.72 Å². The van der Waals surface area contributed by atoms with Crippen LogP contribution in [0.15, 0.2) is 60.7 Å². The Labute approximate surface area is 160 Å². The van der Waals surface area contributed by atoms with E-state index in [-0.39, 0.29) is 0 Å². The van der Waals surface area contributed by atoms with E-state index in [2.05, 4.69) is 14.7 Å². The molecule has 0 aliphatic rings. The molecule has 0 fully saturated rings. The number of sulfonamides is 1. The monoisotopic (exact) mass is 399 g/mol. The highest BCUT2D eigenvalue weighted by molar-refractivity contribution is 7.92. The maximum Gasteiger partial charge on any atom is 0.229 e. The van der Waals surface area contributed by atoms with Crippen molar-refractivity contribution in [3.63, 3.8) is 0 Å². The van der Waals surface area contributed by atoms with E-state index in [1.165, 1.54) is 0 Å². The van der Waals surface area contributed by atoms with Gasteiger partial charge in [0.15, 0.2) is 11.6 Å². The van der Waals surface area contributed by atoms with Crippen molar-refractivity contribution < 1.29 is 17.2 Å². The van der Waals surface area contributed by atoms with Crippen LogP contribution in [0.25, 0.3) is 33.5 Å². The van der Waals surface area contributed by atoms with Crippen LogP contribution < -0.4 is 4.72 Å². The highest BCUT2D eigenvalue weighted by atomic mass is 32.2. The number of H-pyrrole nitrogens is 1. The number of aromatic nitrogens is 2. The molecule has 0 saturated carbocycles. The molecule has 8 heteroatoms. The van der Waals surface area contributed by atoms with E-state index in [9.17, 15) is 17.2 Å². The second-order valence-electron chi connectivity index (χ2n) is 6.40. The first-order valence-corrected chi connectivity index (χ1v) is 10.2. The maximum atomic E-state index is 13.4. The van der Waals surface area contributed by atoms with Crippen molar-refractivity contribution in [2.24, 2.45) is 0 Å². The molecule has 4 aromatic rings. The van der Waals surface area contributed by atoms with E-state index in [1.807, 2.05) is 24.3 Å². The topological polar surface area (TPSA) is 74.8 Å². The molecule has 0 radical (unpaired) electrons. The molecule has 0 spiro atoms. The number of anilines is 1. The minimum absolute atomic E-state index is 0.343. The van der Waals surface area contributed by atoms with Crippen molar-refractivity contribution in [1.29, 1.82) is 0 Å². The van der Waals surface area contributed by atoms with Gasteiger partial charge in [-0.25, -0.2) is 22.2 Å². The number of fused-ring (bicyclic) bond motifs is 1. The van der Waals surface area contributed by atoms with Crippen LogP contribution in [0.2, 0.25) is 0 Å². The number of nitrogens with zero attached hydrogens (tertiary/aromatic N) is 1. The third-order valence-corrected chi connectivity index (χ3v) is 4.79. The predicted octanol–water partition coefficient (Wildman–Crippen LogP) is 4.55. The van der Waals surface area contributed by atoms with Gasteiger partial charge in [-0.1, -0.05) is 30.3 Å². The molecular weight excluding hydrogens is 384 g/mol. The van der Waals surface area contributed by atoms with E-state index in [0.717, 1.165) is 35.1 Å². The predicted molar refractivity (Wildman–Crippen MR) is 105 cm³/mol. The van der Waals surface area contributed by atoms with Gasteiger partial charge in [-0.15, -0.1) is 0 Å². The van der Waals surface area contributed by atoms with Crippen LogP contribution >= 0.6 is 0 Å². The lowest BCUT2D eigenvalue weighted by Gasteiger charge is -2.07. The fraction of sp³-hybridized carbons (Fsp3) is 0.0500. The summed E-state index contributed by atoms with van der Waals surface area (Å²) in [4.78, 5) is 7.33. The Morgan fingerprint density at radius 3 is 2.29 bits per heavy atom. The molecule has 5 nitrogen and oxygen atoms in total. The Morgan fingerprint density at radius 2 is 1.57 bits per heavy atom. The van der Waals surface area contributed by atoms with Gasteiger partial charge in [-0.2, -0.15) is 0 Å². The Morgan fingerprint density at radius 1 is 0.893 bits per heavy atom. The zero-order chi connectivity index (χ0) is 19.9. The summed E-state index contributed by atoms with van der Waals surface area (Å²) in [7, 11) is -3.33. The molecule has 0 aliphatic heterocycles. The zero-order valence-electron chi connectivity index (χ0n) is 14.7. The fourth-order valence-corrected chi connectivity index (χ4v) is 3.50. The lowest BCUT2D eigenvalue weighted by Crippen LogP contribution is -2.09. The smallest absolute Gasteiger partial charge is 0.229 e. The van der Waals surface area contributed by atoms with Crippen molar-refractivity contribution >= 4 is 26.7 Å². The van der Waals surface area contributed by atoms with Crippen molar-refractivity contribution in [2.75, 3.05) is 11.0 Å². The maximum absolute atomic E-state index is 13.4. The van der Waals surface area contributed by atoms with Gasteiger partial charge in [0.05, 0.1) is 17.3 Å². The van der Waals surface area contributed by atoms with Gasteiger partial charge in [0, 0.05) is 23.4 Å². The number of rotatable bonds is 4. The second kappa shape index (κ2) is 6.72. The van der Waals surface area contributed by atoms with Crippen molar-refractivity contribution in [1.82, 2.24) is 9.97 Å². The summed E-state index contributed by atoms with van der Waals surface area (Å²) < 4.78 is 51.9. The van der Waals surface area contributed by atoms with E-state index in [4.69, 9.17) is 0 Å². The quantitative estimate of drug-likeness (QED) is 0.529. The minimum atomic E-state index is -3.33. The molecule has 3 aromatic carbocycles. The number of benzene rings is 3. The van der Waals surface area contributed by atoms with Crippen LogP contribution in [0.3, 0.4) is 0 Å². The summed E-state index contributed by atoms with van der Waals surface area (Å²) in [6.45, 7) is 0. The first-order chi connectivity index (χ1) is 13.3. The molecule has 2 N–H and O–H groups in total. The van der Waals surface area contributed by atoms with Gasteiger partial charge < -0.3 is 4.98 Å². The van der Waals surface area contributed by atoms with Crippen molar-refractivity contribution in [3.8, 4) is 22.5 Å². The van der Waals surface area contributed by atoms with Crippen LogP contribution in [0.4, 0.5) is 14.5 Å². The van der Waals surface area contributed by atoms with E-state index < -0.39 is 21.7 Å². The number of halogens is 2. The summed E-state index contributed by atoms with van der Waals surface area (Å²) >= 11 is 0. The van der Waals surface area contributed by atoms with Crippen molar-refractivity contribution in [3.05, 3.63) is 72.3 Å². The Kier molecular flexibility index (Phi) is 4.35. The summed E-state index contributed by atoms with van der Waals surface area (Å²) in [5.74, 6) is -1.38. The van der Waals surface area contributed by atoms with Gasteiger partial charge >= 0.3 is 0 Å². The fourth-order valence-electron chi connectivity index (χ4n) is 2.93. The van der Waals surface area contributed by atoms with E-state index in [0.29, 0.717) is 22.5 Å². The first kappa shape index (κ1) is 18.1. The zero-order valence-corrected chi connectivity index (χ0v) is 15.5. The summed E-state index contributed by atoms with van der Waals surface area (Å²) in [6, 6.07) is 16.6. The minimum Gasteiger partial charge on any atom is -0.338 e. The van der Waals surface area contributed by atoms with Crippen molar-refractivity contribution in [2.45, 2.75) is 0 Å². The van der Waals surface area contributed by atoms with Crippen LogP contribution in [-0.4, -0.2) is 24.6 Å². The average Bonchev–Trinajstić information content (AvgIpc) is 3.04. The Balaban J connectivity index is 1.68. The molecular formula is C20H15F2N3O2S. The molecule has 0 atom stereocenters. The molecule has 1 heterocycles. The Hall–Kier alpha value is -3.26. The summed E-state index contributed by atoms with van der Waals surface area (Å²) in [5, 5.41) is 0. The first-order valence-electron chi connectivity index (χ1n) is 8.32. The van der Waals surface area contributed by atoms with E-state index >= 15 is 0 Å². The standard InChI is InChI=1S/C20H15F2N3O2S/c1-28(26,27)25-15-7-5-12(6-8-15)13-3-2-4-14(9-13)20-23-18-10-16(21)17(22)11-19(18)24-20/h2-11,25H,1H3,(H,23,24). The van der Waals surface area contributed by atoms with Crippen LogP contribution in [0.5, 0.6) is 0 Å². The molecule has 28 heavy (non-hydrogen) atoms. The molecule has 0 amide bonds. The van der Waals surface area contributed by atoms with Gasteiger partial charge in [0.1, 0.15) is 5.82 Å². The molecule has 0 unspecified atom stereocenters. The third kappa shape index (κ3) is 3.72. The van der Waals surface area contributed by atoms with Gasteiger partial charge in [0.25, 0.3) is 0 Å².